The van der Waals surface area contributed by atoms with Gasteiger partial charge in [-0.1, -0.05) is 31.0 Å². The highest BCUT2D eigenvalue weighted by atomic mass is 16.2. The van der Waals surface area contributed by atoms with E-state index in [-0.39, 0.29) is 11.4 Å². The molecule has 1 saturated carbocycles. The Labute approximate surface area is 125 Å². The second-order valence-electron chi connectivity index (χ2n) is 6.43. The Kier molecular flexibility index (Phi) is 3.72. The summed E-state index contributed by atoms with van der Waals surface area (Å²) in [5.74, 6) is -0.0373. The van der Waals surface area contributed by atoms with Crippen molar-refractivity contribution in [2.45, 2.75) is 50.6 Å². The number of amides is 1. The Bertz CT molecular complexity index is 640. The first-order valence-electron chi connectivity index (χ1n) is 7.70. The van der Waals surface area contributed by atoms with E-state index in [4.69, 9.17) is 5.73 Å². The van der Waals surface area contributed by atoms with Crippen LogP contribution in [0.4, 0.5) is 0 Å². The molecule has 1 aromatic carbocycles. The zero-order valence-electron chi connectivity index (χ0n) is 12.5. The SMILES string of the molecule is CC1(NC(=O)[C@H](N)Cc2c[nH]c3ccccc23)CCCC1. The second kappa shape index (κ2) is 5.53. The lowest BCUT2D eigenvalue weighted by Gasteiger charge is -2.27. The van der Waals surface area contributed by atoms with Crippen LogP contribution in [0.5, 0.6) is 0 Å². The largest absolute Gasteiger partial charge is 0.361 e. The summed E-state index contributed by atoms with van der Waals surface area (Å²) in [5.41, 5.74) is 8.24. The molecule has 1 aliphatic rings. The third-order valence-corrected chi connectivity index (χ3v) is 4.58. The molecule has 1 atom stereocenters. The van der Waals surface area contributed by atoms with E-state index in [1.165, 1.54) is 12.8 Å². The molecule has 0 unspecified atom stereocenters. The van der Waals surface area contributed by atoms with Gasteiger partial charge in [0.15, 0.2) is 0 Å². The Morgan fingerprint density at radius 1 is 1.38 bits per heavy atom. The summed E-state index contributed by atoms with van der Waals surface area (Å²) in [6, 6.07) is 7.59. The fourth-order valence-corrected chi connectivity index (χ4v) is 3.30. The van der Waals surface area contributed by atoms with Crippen LogP contribution in [0.25, 0.3) is 10.9 Å². The molecule has 0 bridgehead atoms. The van der Waals surface area contributed by atoms with Crippen LogP contribution in [0.3, 0.4) is 0 Å². The van der Waals surface area contributed by atoms with Gasteiger partial charge in [-0.25, -0.2) is 0 Å². The molecular weight excluding hydrogens is 262 g/mol. The molecule has 1 aliphatic carbocycles. The third kappa shape index (κ3) is 2.95. The summed E-state index contributed by atoms with van der Waals surface area (Å²) in [6.45, 7) is 2.12. The molecule has 4 heteroatoms. The molecular formula is C17H23N3O. The Hall–Kier alpha value is -1.81. The van der Waals surface area contributed by atoms with E-state index >= 15 is 0 Å². The number of hydrogen-bond donors (Lipinski definition) is 3. The number of hydrogen-bond acceptors (Lipinski definition) is 2. The summed E-state index contributed by atoms with van der Waals surface area (Å²) in [7, 11) is 0. The third-order valence-electron chi connectivity index (χ3n) is 4.58. The standard InChI is InChI=1S/C17H23N3O/c1-17(8-4-5-9-17)20-16(21)14(18)10-12-11-19-15-7-3-2-6-13(12)15/h2-3,6-7,11,14,19H,4-5,8-10,18H2,1H3,(H,20,21)/t14-/m1/s1. The molecule has 4 nitrogen and oxygen atoms in total. The van der Waals surface area contributed by atoms with E-state index in [1.807, 2.05) is 24.4 Å². The van der Waals surface area contributed by atoms with Gasteiger partial charge in [0.05, 0.1) is 6.04 Å². The molecule has 21 heavy (non-hydrogen) atoms. The van der Waals surface area contributed by atoms with E-state index in [1.54, 1.807) is 0 Å². The van der Waals surface area contributed by atoms with Crippen molar-refractivity contribution in [2.24, 2.45) is 5.73 Å². The predicted molar refractivity (Wildman–Crippen MR) is 85.0 cm³/mol. The molecule has 0 saturated heterocycles. The Balaban J connectivity index is 1.68. The van der Waals surface area contributed by atoms with Gasteiger partial charge in [0, 0.05) is 22.6 Å². The average Bonchev–Trinajstić information content (AvgIpc) is 3.06. The van der Waals surface area contributed by atoms with Crippen molar-refractivity contribution < 1.29 is 4.79 Å². The second-order valence-corrected chi connectivity index (χ2v) is 6.43. The lowest BCUT2D eigenvalue weighted by Crippen LogP contribution is -2.51. The van der Waals surface area contributed by atoms with E-state index in [9.17, 15) is 4.79 Å². The molecule has 1 amide bonds. The lowest BCUT2D eigenvalue weighted by atomic mass is 9.99. The highest BCUT2D eigenvalue weighted by Gasteiger charge is 2.31. The van der Waals surface area contributed by atoms with E-state index < -0.39 is 6.04 Å². The number of aromatic nitrogens is 1. The number of nitrogens with one attached hydrogen (secondary N) is 2. The van der Waals surface area contributed by atoms with Crippen molar-refractivity contribution in [2.75, 3.05) is 0 Å². The minimum atomic E-state index is -0.498. The van der Waals surface area contributed by atoms with Crippen LogP contribution in [0.15, 0.2) is 30.5 Å². The molecule has 3 rings (SSSR count). The average molecular weight is 285 g/mol. The maximum atomic E-state index is 12.3. The van der Waals surface area contributed by atoms with E-state index in [0.29, 0.717) is 6.42 Å². The summed E-state index contributed by atoms with van der Waals surface area (Å²) in [5, 5.41) is 4.29. The van der Waals surface area contributed by atoms with Crippen LogP contribution in [-0.4, -0.2) is 22.5 Å². The number of aromatic amines is 1. The normalized spacial score (nSPS) is 18.8. The molecule has 2 aromatic rings. The Morgan fingerprint density at radius 2 is 2.10 bits per heavy atom. The minimum absolute atomic E-state index is 0.0373. The molecule has 0 radical (unpaired) electrons. The van der Waals surface area contributed by atoms with E-state index in [2.05, 4.69) is 23.3 Å². The van der Waals surface area contributed by atoms with Crippen molar-refractivity contribution >= 4 is 16.8 Å². The zero-order chi connectivity index (χ0) is 14.9. The van der Waals surface area contributed by atoms with Gasteiger partial charge in [-0.3, -0.25) is 4.79 Å². The van der Waals surface area contributed by atoms with Gasteiger partial charge < -0.3 is 16.0 Å². The van der Waals surface area contributed by atoms with Gasteiger partial charge >= 0.3 is 0 Å². The number of nitrogens with two attached hydrogens (primary N) is 1. The number of fused-ring (bicyclic) bond motifs is 1. The highest BCUT2D eigenvalue weighted by Crippen LogP contribution is 2.29. The van der Waals surface area contributed by atoms with Crippen molar-refractivity contribution in [1.82, 2.24) is 10.3 Å². The molecule has 4 N–H and O–H groups in total. The fourth-order valence-electron chi connectivity index (χ4n) is 3.30. The number of rotatable bonds is 4. The van der Waals surface area contributed by atoms with Gasteiger partial charge in [-0.2, -0.15) is 0 Å². The molecule has 112 valence electrons. The predicted octanol–water partition coefficient (Wildman–Crippen LogP) is 2.49. The minimum Gasteiger partial charge on any atom is -0.361 e. The molecule has 1 fully saturated rings. The van der Waals surface area contributed by atoms with Crippen molar-refractivity contribution in [3.05, 3.63) is 36.0 Å². The van der Waals surface area contributed by atoms with Crippen molar-refractivity contribution in [3.63, 3.8) is 0 Å². The smallest absolute Gasteiger partial charge is 0.237 e. The van der Waals surface area contributed by atoms with Gasteiger partial charge in [0.1, 0.15) is 0 Å². The van der Waals surface area contributed by atoms with Gasteiger partial charge in [0.2, 0.25) is 5.91 Å². The summed E-state index contributed by atoms with van der Waals surface area (Å²) in [6.07, 6.45) is 7.00. The summed E-state index contributed by atoms with van der Waals surface area (Å²) in [4.78, 5) is 15.5. The number of carbonyl (C=O) groups excluding carboxylic acids is 1. The molecule has 0 spiro atoms. The number of benzene rings is 1. The van der Waals surface area contributed by atoms with Crippen LogP contribution in [0.2, 0.25) is 0 Å². The molecule has 0 aliphatic heterocycles. The monoisotopic (exact) mass is 285 g/mol. The van der Waals surface area contributed by atoms with Crippen molar-refractivity contribution in [1.29, 1.82) is 0 Å². The Morgan fingerprint density at radius 3 is 2.86 bits per heavy atom. The number of para-hydroxylation sites is 1. The van der Waals surface area contributed by atoms with Crippen LogP contribution >= 0.6 is 0 Å². The van der Waals surface area contributed by atoms with Crippen molar-refractivity contribution in [3.8, 4) is 0 Å². The quantitative estimate of drug-likeness (QED) is 0.807. The van der Waals surface area contributed by atoms with Gasteiger partial charge in [0.25, 0.3) is 0 Å². The number of carbonyl (C=O) groups is 1. The maximum Gasteiger partial charge on any atom is 0.237 e. The highest BCUT2D eigenvalue weighted by molar-refractivity contribution is 5.86. The first-order valence-corrected chi connectivity index (χ1v) is 7.70. The van der Waals surface area contributed by atoms with Crippen LogP contribution in [0, 0.1) is 0 Å². The van der Waals surface area contributed by atoms with E-state index in [0.717, 1.165) is 29.3 Å². The topological polar surface area (TPSA) is 70.9 Å². The summed E-state index contributed by atoms with van der Waals surface area (Å²) >= 11 is 0. The van der Waals surface area contributed by atoms with Crippen LogP contribution in [0.1, 0.15) is 38.2 Å². The number of H-pyrrole nitrogens is 1. The van der Waals surface area contributed by atoms with Gasteiger partial charge in [-0.15, -0.1) is 0 Å². The zero-order valence-corrected chi connectivity index (χ0v) is 12.5. The molecule has 1 heterocycles. The maximum absolute atomic E-state index is 12.3. The van der Waals surface area contributed by atoms with Crippen LogP contribution in [-0.2, 0) is 11.2 Å². The first-order chi connectivity index (χ1) is 10.1. The van der Waals surface area contributed by atoms with Crippen LogP contribution < -0.4 is 11.1 Å². The first kappa shape index (κ1) is 14.1. The molecule has 1 aromatic heterocycles. The summed E-state index contributed by atoms with van der Waals surface area (Å²) < 4.78 is 0. The fraction of sp³-hybridized carbons (Fsp3) is 0.471. The lowest BCUT2D eigenvalue weighted by molar-refractivity contribution is -0.124. The van der Waals surface area contributed by atoms with Gasteiger partial charge in [-0.05, 0) is 37.8 Å².